The number of rotatable bonds is 3. The Morgan fingerprint density at radius 2 is 1.91 bits per heavy atom. The summed E-state index contributed by atoms with van der Waals surface area (Å²) in [6, 6.07) is 3.38. The van der Waals surface area contributed by atoms with Crippen LogP contribution < -0.4 is 0 Å². The van der Waals surface area contributed by atoms with Crippen LogP contribution in [0.4, 0.5) is 8.78 Å². The van der Waals surface area contributed by atoms with Crippen LogP contribution in [0.5, 0.6) is 0 Å². The Balaban J connectivity index is 1.90. The zero-order valence-electron chi connectivity index (χ0n) is 12.1. The number of carbonyl (C=O) groups is 1. The molecule has 122 valence electrons. The predicted molar refractivity (Wildman–Crippen MR) is 78.5 cm³/mol. The Hall–Kier alpha value is -2.29. The van der Waals surface area contributed by atoms with Gasteiger partial charge in [0.2, 0.25) is 0 Å². The zero-order chi connectivity index (χ0) is 16.8. The number of hydrogen-bond donors (Lipinski definition) is 1. The highest BCUT2D eigenvalue weighted by Crippen LogP contribution is 2.29. The normalized spacial score (nSPS) is 15.5. The van der Waals surface area contributed by atoms with Gasteiger partial charge in [0.1, 0.15) is 11.6 Å². The molecule has 1 N–H and O–H groups in total. The zero-order valence-corrected chi connectivity index (χ0v) is 12.9. The van der Waals surface area contributed by atoms with Crippen LogP contribution in [-0.4, -0.2) is 54.0 Å². The van der Waals surface area contributed by atoms with Crippen molar-refractivity contribution in [3.05, 3.63) is 41.6 Å². The lowest BCUT2D eigenvalue weighted by Gasteiger charge is -2.37. The van der Waals surface area contributed by atoms with E-state index in [0.717, 1.165) is 18.4 Å². The Labute approximate surface area is 131 Å². The van der Waals surface area contributed by atoms with Gasteiger partial charge in [-0.15, -0.1) is 0 Å². The summed E-state index contributed by atoms with van der Waals surface area (Å²) in [5, 5.41) is 5.52. The molecule has 1 amide bonds. The van der Waals surface area contributed by atoms with Gasteiger partial charge in [0.25, 0.3) is 5.91 Å². The molecule has 1 aliphatic rings. The fraction of sp³-hybridized carbons (Fsp3) is 0.286. The van der Waals surface area contributed by atoms with Crippen LogP contribution in [0.25, 0.3) is 11.3 Å². The standard InChI is InChI=1S/C14H13F2N3O3S/c1-23(21,22)8-6-19(7-8)14(20)9-5-17-18-13(9)12-10(15)3-2-4-11(12)16/h2-5,8H,6-7H2,1H3,(H,17,18). The highest BCUT2D eigenvalue weighted by Gasteiger charge is 2.38. The molecule has 1 aromatic heterocycles. The van der Waals surface area contributed by atoms with Crippen molar-refractivity contribution in [1.29, 1.82) is 0 Å². The smallest absolute Gasteiger partial charge is 0.257 e. The van der Waals surface area contributed by atoms with E-state index >= 15 is 0 Å². The third kappa shape index (κ3) is 2.72. The van der Waals surface area contributed by atoms with Crippen LogP contribution in [0.15, 0.2) is 24.4 Å². The topological polar surface area (TPSA) is 83.1 Å². The minimum Gasteiger partial charge on any atom is -0.336 e. The number of likely N-dealkylation sites (tertiary alicyclic amines) is 1. The third-order valence-electron chi connectivity index (χ3n) is 3.82. The van der Waals surface area contributed by atoms with Crippen molar-refractivity contribution < 1.29 is 22.0 Å². The molecule has 0 atom stereocenters. The van der Waals surface area contributed by atoms with Crippen LogP contribution in [0, 0.1) is 11.6 Å². The predicted octanol–water partition coefficient (Wildman–Crippen LogP) is 1.22. The van der Waals surface area contributed by atoms with Gasteiger partial charge in [-0.3, -0.25) is 9.89 Å². The average Bonchev–Trinajstić information content (AvgIpc) is 2.83. The van der Waals surface area contributed by atoms with Crippen LogP contribution in [0.3, 0.4) is 0 Å². The molecule has 0 spiro atoms. The number of nitrogens with one attached hydrogen (secondary N) is 1. The molecule has 3 rings (SSSR count). The average molecular weight is 341 g/mol. The summed E-state index contributed by atoms with van der Waals surface area (Å²) in [6.07, 6.45) is 2.29. The van der Waals surface area contributed by atoms with Crippen molar-refractivity contribution in [1.82, 2.24) is 15.1 Å². The van der Waals surface area contributed by atoms with E-state index in [1.54, 1.807) is 0 Å². The maximum atomic E-state index is 13.9. The lowest BCUT2D eigenvalue weighted by atomic mass is 10.0. The largest absolute Gasteiger partial charge is 0.336 e. The maximum Gasteiger partial charge on any atom is 0.257 e. The van der Waals surface area contributed by atoms with Gasteiger partial charge in [0, 0.05) is 19.3 Å². The number of hydrogen-bond acceptors (Lipinski definition) is 4. The van der Waals surface area contributed by atoms with Crippen molar-refractivity contribution in [3.8, 4) is 11.3 Å². The maximum absolute atomic E-state index is 13.9. The molecule has 0 bridgehead atoms. The van der Waals surface area contributed by atoms with Crippen LogP contribution in [0.2, 0.25) is 0 Å². The van der Waals surface area contributed by atoms with E-state index in [4.69, 9.17) is 0 Å². The molecule has 2 heterocycles. The molecule has 1 aromatic carbocycles. The molecule has 1 aliphatic heterocycles. The molecular weight excluding hydrogens is 328 g/mol. The van der Waals surface area contributed by atoms with E-state index in [1.807, 2.05) is 0 Å². The van der Waals surface area contributed by atoms with E-state index < -0.39 is 32.6 Å². The molecule has 0 unspecified atom stereocenters. The molecule has 1 saturated heterocycles. The molecule has 0 aliphatic carbocycles. The molecule has 2 aromatic rings. The number of amides is 1. The number of H-pyrrole nitrogens is 1. The number of sulfone groups is 1. The van der Waals surface area contributed by atoms with Crippen LogP contribution in [0.1, 0.15) is 10.4 Å². The first-order valence-corrected chi connectivity index (χ1v) is 8.70. The van der Waals surface area contributed by atoms with Gasteiger partial charge in [-0.25, -0.2) is 17.2 Å². The highest BCUT2D eigenvalue weighted by atomic mass is 32.2. The second-order valence-corrected chi connectivity index (χ2v) is 7.74. The first-order chi connectivity index (χ1) is 10.8. The Bertz CT molecular complexity index is 853. The SMILES string of the molecule is CS(=O)(=O)C1CN(C(=O)c2cn[nH]c2-c2c(F)cccc2F)C1. The van der Waals surface area contributed by atoms with Crippen molar-refractivity contribution in [3.63, 3.8) is 0 Å². The molecule has 0 radical (unpaired) electrons. The number of carbonyl (C=O) groups excluding carboxylic acids is 1. The molecular formula is C14H13F2N3O3S. The lowest BCUT2D eigenvalue weighted by Crippen LogP contribution is -2.56. The van der Waals surface area contributed by atoms with Crippen LogP contribution >= 0.6 is 0 Å². The third-order valence-corrected chi connectivity index (χ3v) is 5.33. The van der Waals surface area contributed by atoms with E-state index in [-0.39, 0.29) is 29.9 Å². The molecule has 9 heteroatoms. The van der Waals surface area contributed by atoms with Crippen molar-refractivity contribution in [2.75, 3.05) is 19.3 Å². The number of aromatic nitrogens is 2. The van der Waals surface area contributed by atoms with E-state index in [9.17, 15) is 22.0 Å². The Morgan fingerprint density at radius 1 is 1.30 bits per heavy atom. The number of aromatic amines is 1. The first-order valence-electron chi connectivity index (χ1n) is 6.75. The summed E-state index contributed by atoms with van der Waals surface area (Å²) in [5.74, 6) is -2.15. The second-order valence-electron chi connectivity index (χ2n) is 5.42. The van der Waals surface area contributed by atoms with E-state index in [2.05, 4.69) is 10.2 Å². The fourth-order valence-electron chi connectivity index (χ4n) is 2.42. The molecule has 23 heavy (non-hydrogen) atoms. The van der Waals surface area contributed by atoms with Gasteiger partial charge in [0.15, 0.2) is 9.84 Å². The summed E-state index contributed by atoms with van der Waals surface area (Å²) in [7, 11) is -3.21. The summed E-state index contributed by atoms with van der Waals surface area (Å²) >= 11 is 0. The van der Waals surface area contributed by atoms with Crippen molar-refractivity contribution >= 4 is 15.7 Å². The summed E-state index contributed by atoms with van der Waals surface area (Å²) in [4.78, 5) is 13.7. The van der Waals surface area contributed by atoms with Gasteiger partial charge in [-0.2, -0.15) is 5.10 Å². The Morgan fingerprint density at radius 3 is 2.48 bits per heavy atom. The van der Waals surface area contributed by atoms with Gasteiger partial charge >= 0.3 is 0 Å². The first kappa shape index (κ1) is 15.6. The van der Waals surface area contributed by atoms with Crippen LogP contribution in [-0.2, 0) is 9.84 Å². The molecule has 0 saturated carbocycles. The Kier molecular flexibility index (Phi) is 3.67. The summed E-state index contributed by atoms with van der Waals surface area (Å²) in [6.45, 7) is 0.115. The van der Waals surface area contributed by atoms with E-state index in [0.29, 0.717) is 0 Å². The van der Waals surface area contributed by atoms with Crippen molar-refractivity contribution in [2.24, 2.45) is 0 Å². The molecule has 6 nitrogen and oxygen atoms in total. The van der Waals surface area contributed by atoms with Gasteiger partial charge in [-0.1, -0.05) is 6.07 Å². The van der Waals surface area contributed by atoms with Gasteiger partial charge < -0.3 is 4.90 Å². The van der Waals surface area contributed by atoms with Gasteiger partial charge in [0.05, 0.1) is 28.3 Å². The summed E-state index contributed by atoms with van der Waals surface area (Å²) < 4.78 is 50.5. The highest BCUT2D eigenvalue weighted by molar-refractivity contribution is 7.91. The lowest BCUT2D eigenvalue weighted by molar-refractivity contribution is 0.0660. The number of benzene rings is 1. The van der Waals surface area contributed by atoms with E-state index in [1.165, 1.54) is 17.2 Å². The minimum absolute atomic E-state index is 0.000881. The fourth-order valence-corrected chi connectivity index (χ4v) is 3.32. The number of nitrogens with zero attached hydrogens (tertiary/aromatic N) is 2. The molecule has 1 fully saturated rings. The second kappa shape index (κ2) is 5.41. The minimum atomic E-state index is -3.21. The number of halogens is 2. The van der Waals surface area contributed by atoms with Gasteiger partial charge in [-0.05, 0) is 12.1 Å². The quantitative estimate of drug-likeness (QED) is 0.910. The summed E-state index contributed by atoms with van der Waals surface area (Å²) in [5.41, 5.74) is -0.428. The monoisotopic (exact) mass is 341 g/mol. The van der Waals surface area contributed by atoms with Crippen molar-refractivity contribution in [2.45, 2.75) is 5.25 Å².